The molecule has 0 aliphatic carbocycles. The molecule has 1 aromatic rings. The molecule has 1 aromatic carbocycles. The first-order valence-electron chi connectivity index (χ1n) is 4.70. The van der Waals surface area contributed by atoms with E-state index in [0.717, 1.165) is 10.5 Å². The summed E-state index contributed by atoms with van der Waals surface area (Å²) < 4.78 is 0. The molecule has 0 saturated heterocycles. The fourth-order valence-corrected chi connectivity index (χ4v) is 1.92. The Labute approximate surface area is 103 Å². The van der Waals surface area contributed by atoms with Gasteiger partial charge < -0.3 is 5.32 Å². The van der Waals surface area contributed by atoms with Crippen LogP contribution in [0.5, 0.6) is 0 Å². The lowest BCUT2D eigenvalue weighted by molar-refractivity contribution is 0.0951. The number of nitrogens with one attached hydrogen (secondary N) is 1. The van der Waals surface area contributed by atoms with Crippen LogP contribution in [0.2, 0.25) is 0 Å². The number of hydrogen-bond acceptors (Lipinski definition) is 2. The third-order valence-electron chi connectivity index (χ3n) is 1.90. The van der Waals surface area contributed by atoms with Gasteiger partial charge in [0.2, 0.25) is 0 Å². The second-order valence-electron chi connectivity index (χ2n) is 3.19. The maximum absolute atomic E-state index is 11.8. The number of carbonyl (C=O) groups is 1. The first-order valence-corrected chi connectivity index (χ1v) is 6.84. The molecule has 0 aromatic heterocycles. The van der Waals surface area contributed by atoms with Crippen molar-refractivity contribution in [3.05, 3.63) is 29.8 Å². The standard InChI is InChI=1S/C11H14BrNOS/c1-8(12)7-13-11(14)9-5-3-4-6-10(9)15-2/h3-6,8H,7H2,1-2H3,(H,13,14). The quantitative estimate of drug-likeness (QED) is 0.682. The predicted molar refractivity (Wildman–Crippen MR) is 68.9 cm³/mol. The number of hydrogen-bond donors (Lipinski definition) is 1. The van der Waals surface area contributed by atoms with Crippen LogP contribution in [0.1, 0.15) is 17.3 Å². The maximum atomic E-state index is 11.8. The Morgan fingerprint density at radius 1 is 1.53 bits per heavy atom. The van der Waals surface area contributed by atoms with Crippen molar-refractivity contribution in [1.29, 1.82) is 0 Å². The molecule has 15 heavy (non-hydrogen) atoms. The number of rotatable bonds is 4. The van der Waals surface area contributed by atoms with Crippen molar-refractivity contribution < 1.29 is 4.79 Å². The van der Waals surface area contributed by atoms with Gasteiger partial charge in [-0.25, -0.2) is 0 Å². The van der Waals surface area contributed by atoms with Crippen LogP contribution in [-0.2, 0) is 0 Å². The summed E-state index contributed by atoms with van der Waals surface area (Å²) in [7, 11) is 0. The van der Waals surface area contributed by atoms with Crippen LogP contribution in [0.15, 0.2) is 29.2 Å². The molecule has 0 fully saturated rings. The molecular weight excluding hydrogens is 274 g/mol. The van der Waals surface area contributed by atoms with Gasteiger partial charge in [-0.2, -0.15) is 0 Å². The minimum Gasteiger partial charge on any atom is -0.351 e. The van der Waals surface area contributed by atoms with E-state index in [2.05, 4.69) is 21.2 Å². The Kier molecular flexibility index (Phi) is 5.19. The van der Waals surface area contributed by atoms with E-state index < -0.39 is 0 Å². The van der Waals surface area contributed by atoms with Gasteiger partial charge in [0.1, 0.15) is 0 Å². The lowest BCUT2D eigenvalue weighted by Crippen LogP contribution is -2.28. The van der Waals surface area contributed by atoms with Crippen molar-refractivity contribution in [1.82, 2.24) is 5.32 Å². The van der Waals surface area contributed by atoms with Gasteiger partial charge in [-0.1, -0.05) is 35.0 Å². The van der Waals surface area contributed by atoms with Gasteiger partial charge in [0.25, 0.3) is 5.91 Å². The zero-order valence-electron chi connectivity index (χ0n) is 8.79. The van der Waals surface area contributed by atoms with Crippen molar-refractivity contribution in [2.75, 3.05) is 12.8 Å². The first-order chi connectivity index (χ1) is 7.15. The summed E-state index contributed by atoms with van der Waals surface area (Å²) in [5.41, 5.74) is 0.748. The van der Waals surface area contributed by atoms with Gasteiger partial charge in [0.05, 0.1) is 5.56 Å². The highest BCUT2D eigenvalue weighted by molar-refractivity contribution is 9.09. The summed E-state index contributed by atoms with van der Waals surface area (Å²) in [6.07, 6.45) is 1.97. The molecule has 1 atom stereocenters. The highest BCUT2D eigenvalue weighted by Gasteiger charge is 2.09. The number of halogens is 1. The molecule has 0 saturated carbocycles. The summed E-state index contributed by atoms with van der Waals surface area (Å²) in [6.45, 7) is 2.64. The van der Waals surface area contributed by atoms with Crippen molar-refractivity contribution in [3.8, 4) is 0 Å². The van der Waals surface area contributed by atoms with Crippen molar-refractivity contribution in [2.45, 2.75) is 16.6 Å². The van der Waals surface area contributed by atoms with Crippen molar-refractivity contribution >= 4 is 33.6 Å². The highest BCUT2D eigenvalue weighted by Crippen LogP contribution is 2.19. The van der Waals surface area contributed by atoms with Gasteiger partial charge >= 0.3 is 0 Å². The molecule has 0 bridgehead atoms. The van der Waals surface area contributed by atoms with Gasteiger partial charge in [-0.15, -0.1) is 11.8 Å². The molecule has 1 amide bonds. The van der Waals surface area contributed by atoms with Crippen LogP contribution in [0, 0.1) is 0 Å². The molecule has 0 heterocycles. The summed E-state index contributed by atoms with van der Waals surface area (Å²) in [5, 5.41) is 2.87. The van der Waals surface area contributed by atoms with E-state index in [4.69, 9.17) is 0 Å². The number of thioether (sulfide) groups is 1. The molecule has 1 rings (SSSR count). The van der Waals surface area contributed by atoms with Gasteiger partial charge in [0.15, 0.2) is 0 Å². The van der Waals surface area contributed by atoms with Crippen LogP contribution < -0.4 is 5.32 Å². The van der Waals surface area contributed by atoms with Gasteiger partial charge in [-0.05, 0) is 18.4 Å². The first kappa shape index (κ1) is 12.6. The minimum atomic E-state index is -0.00810. The van der Waals surface area contributed by atoms with E-state index in [9.17, 15) is 4.79 Å². The van der Waals surface area contributed by atoms with E-state index in [1.807, 2.05) is 37.4 Å². The summed E-state index contributed by atoms with van der Waals surface area (Å²) in [4.78, 5) is 13.1. The number of amides is 1. The second-order valence-corrected chi connectivity index (χ2v) is 5.60. The molecule has 0 spiro atoms. The molecule has 1 unspecified atom stereocenters. The van der Waals surface area contributed by atoms with E-state index in [0.29, 0.717) is 11.4 Å². The van der Waals surface area contributed by atoms with E-state index in [-0.39, 0.29) is 5.91 Å². The summed E-state index contributed by atoms with van der Waals surface area (Å²) in [6, 6.07) is 7.62. The fourth-order valence-electron chi connectivity index (χ4n) is 1.16. The summed E-state index contributed by atoms with van der Waals surface area (Å²) >= 11 is 4.98. The third-order valence-corrected chi connectivity index (χ3v) is 3.02. The van der Waals surface area contributed by atoms with Crippen molar-refractivity contribution in [2.24, 2.45) is 0 Å². The lowest BCUT2D eigenvalue weighted by atomic mass is 10.2. The number of carbonyl (C=O) groups excluding carboxylic acids is 1. The topological polar surface area (TPSA) is 29.1 Å². The van der Waals surface area contributed by atoms with Crippen LogP contribution in [0.4, 0.5) is 0 Å². The molecule has 4 heteroatoms. The minimum absolute atomic E-state index is 0.00810. The van der Waals surface area contributed by atoms with Gasteiger partial charge in [-0.3, -0.25) is 4.79 Å². The third kappa shape index (κ3) is 3.87. The van der Waals surface area contributed by atoms with E-state index >= 15 is 0 Å². The van der Waals surface area contributed by atoms with E-state index in [1.54, 1.807) is 11.8 Å². The van der Waals surface area contributed by atoms with E-state index in [1.165, 1.54) is 0 Å². The molecule has 0 aliphatic rings. The van der Waals surface area contributed by atoms with Crippen LogP contribution in [0.3, 0.4) is 0 Å². The molecular formula is C11H14BrNOS. The normalized spacial score (nSPS) is 12.2. The smallest absolute Gasteiger partial charge is 0.252 e. The summed E-state index contributed by atoms with van der Waals surface area (Å²) in [5.74, 6) is -0.00810. The largest absolute Gasteiger partial charge is 0.351 e. The maximum Gasteiger partial charge on any atom is 0.252 e. The fraction of sp³-hybridized carbons (Fsp3) is 0.364. The Hall–Kier alpha value is -0.480. The number of benzene rings is 1. The highest BCUT2D eigenvalue weighted by atomic mass is 79.9. The van der Waals surface area contributed by atoms with Crippen LogP contribution in [0.25, 0.3) is 0 Å². The zero-order chi connectivity index (χ0) is 11.3. The molecule has 0 radical (unpaired) electrons. The average molecular weight is 288 g/mol. The SMILES string of the molecule is CSc1ccccc1C(=O)NCC(C)Br. The Morgan fingerprint density at radius 2 is 2.20 bits per heavy atom. The molecule has 82 valence electrons. The van der Waals surface area contributed by atoms with Crippen LogP contribution in [-0.4, -0.2) is 23.5 Å². The van der Waals surface area contributed by atoms with Crippen molar-refractivity contribution in [3.63, 3.8) is 0 Å². The lowest BCUT2D eigenvalue weighted by Gasteiger charge is -2.09. The number of alkyl halides is 1. The molecule has 2 nitrogen and oxygen atoms in total. The Bertz CT molecular complexity index is 341. The second kappa shape index (κ2) is 6.18. The molecule has 1 N–H and O–H groups in total. The monoisotopic (exact) mass is 287 g/mol. The average Bonchev–Trinajstić information content (AvgIpc) is 2.25. The Balaban J connectivity index is 2.72. The molecule has 0 aliphatic heterocycles. The predicted octanol–water partition coefficient (Wildman–Crippen LogP) is 2.92. The zero-order valence-corrected chi connectivity index (χ0v) is 11.2. The van der Waals surface area contributed by atoms with Crippen LogP contribution >= 0.6 is 27.7 Å². The van der Waals surface area contributed by atoms with Gasteiger partial charge in [0, 0.05) is 16.3 Å². The Morgan fingerprint density at radius 3 is 2.80 bits per heavy atom.